The first-order chi connectivity index (χ1) is 11.8. The number of allylic oxidation sites excluding steroid dienone is 4. The lowest BCUT2D eigenvalue weighted by molar-refractivity contribution is 0.148. The molecule has 0 spiro atoms. The first-order valence-electron chi connectivity index (χ1n) is 11.2. The first-order valence-corrected chi connectivity index (χ1v) is 11.2. The maximum atomic E-state index is 2.63. The van der Waals surface area contributed by atoms with Gasteiger partial charge in [-0.05, 0) is 117 Å². The van der Waals surface area contributed by atoms with Gasteiger partial charge in [0.15, 0.2) is 0 Å². The van der Waals surface area contributed by atoms with Crippen molar-refractivity contribution in [2.75, 3.05) is 0 Å². The standard InChI is InChI=1S/C25H40/c1-15(2)19-11-12-25(6)14-23-17(4)7-9-20-16(3)8-10-21(20)18(5)22(23)13-24(19)25/h15-16,19-21,24H,7-14H2,1-6H3/b22-18-,23-17-/t16-,19+,20+,21-,24-,25+/m0/s1. The molecule has 3 fully saturated rings. The zero-order valence-corrected chi connectivity index (χ0v) is 17.6. The third-order valence-electron chi connectivity index (χ3n) is 9.27. The maximum absolute atomic E-state index is 2.63. The number of hydrogen-bond acceptors (Lipinski definition) is 0. The SMILES string of the molecule is C/C1=C2\C[C@@]3(C)CC[C@H](C(C)C)[C@@H]3C\C2=C(/C)[C@@H]2CC[C@H](C)[C@H]2CC1. The van der Waals surface area contributed by atoms with E-state index in [4.69, 9.17) is 0 Å². The van der Waals surface area contributed by atoms with E-state index in [0.29, 0.717) is 5.41 Å². The lowest BCUT2D eigenvalue weighted by atomic mass is 9.60. The zero-order valence-electron chi connectivity index (χ0n) is 17.6. The first kappa shape index (κ1) is 17.9. The minimum atomic E-state index is 0.580. The van der Waals surface area contributed by atoms with E-state index in [1.54, 1.807) is 5.57 Å². The van der Waals surface area contributed by atoms with Crippen LogP contribution in [0.25, 0.3) is 0 Å². The second-order valence-corrected chi connectivity index (χ2v) is 10.9. The normalized spacial score (nSPS) is 50.3. The Kier molecular flexibility index (Phi) is 4.49. The van der Waals surface area contributed by atoms with Gasteiger partial charge in [0, 0.05) is 0 Å². The van der Waals surface area contributed by atoms with Crippen LogP contribution in [0.15, 0.2) is 22.3 Å². The highest BCUT2D eigenvalue weighted by Gasteiger charge is 2.50. The van der Waals surface area contributed by atoms with Crippen LogP contribution in [-0.4, -0.2) is 0 Å². The van der Waals surface area contributed by atoms with E-state index in [1.807, 2.05) is 16.7 Å². The van der Waals surface area contributed by atoms with Crippen molar-refractivity contribution in [3.8, 4) is 0 Å². The lowest BCUT2D eigenvalue weighted by Gasteiger charge is -2.45. The van der Waals surface area contributed by atoms with E-state index in [-0.39, 0.29) is 0 Å². The summed E-state index contributed by atoms with van der Waals surface area (Å²) < 4.78 is 0. The van der Waals surface area contributed by atoms with Crippen LogP contribution in [0, 0.1) is 40.9 Å². The molecule has 3 saturated carbocycles. The van der Waals surface area contributed by atoms with Crippen molar-refractivity contribution in [1.82, 2.24) is 0 Å². The van der Waals surface area contributed by atoms with Gasteiger partial charge in [0.2, 0.25) is 0 Å². The molecule has 0 bridgehead atoms. The summed E-state index contributed by atoms with van der Waals surface area (Å²) in [5.41, 5.74) is 7.81. The van der Waals surface area contributed by atoms with Gasteiger partial charge in [0.25, 0.3) is 0 Å². The van der Waals surface area contributed by atoms with Gasteiger partial charge in [-0.2, -0.15) is 0 Å². The van der Waals surface area contributed by atoms with Gasteiger partial charge in [-0.1, -0.05) is 38.8 Å². The number of hydrogen-bond donors (Lipinski definition) is 0. The highest BCUT2D eigenvalue weighted by molar-refractivity contribution is 5.44. The summed E-state index contributed by atoms with van der Waals surface area (Å²) in [7, 11) is 0. The molecule has 0 aromatic carbocycles. The molecule has 6 atom stereocenters. The predicted molar refractivity (Wildman–Crippen MR) is 108 cm³/mol. The number of rotatable bonds is 1. The van der Waals surface area contributed by atoms with E-state index < -0.39 is 0 Å². The van der Waals surface area contributed by atoms with Crippen LogP contribution in [0.2, 0.25) is 0 Å². The molecule has 0 saturated heterocycles. The third-order valence-corrected chi connectivity index (χ3v) is 9.27. The summed E-state index contributed by atoms with van der Waals surface area (Å²) in [4.78, 5) is 0. The highest BCUT2D eigenvalue weighted by atomic mass is 14.5. The molecule has 0 heteroatoms. The van der Waals surface area contributed by atoms with Crippen LogP contribution in [0.1, 0.15) is 92.9 Å². The predicted octanol–water partition coefficient (Wildman–Crippen LogP) is 7.56. The van der Waals surface area contributed by atoms with Crippen molar-refractivity contribution >= 4 is 0 Å². The summed E-state index contributed by atoms with van der Waals surface area (Å²) >= 11 is 0. The molecule has 4 aliphatic rings. The van der Waals surface area contributed by atoms with E-state index in [9.17, 15) is 0 Å². The third kappa shape index (κ3) is 2.78. The average Bonchev–Trinajstić information content (AvgIpc) is 3.09. The van der Waals surface area contributed by atoms with Crippen molar-refractivity contribution in [3.63, 3.8) is 0 Å². The fraction of sp³-hybridized carbons (Fsp3) is 0.840. The summed E-state index contributed by atoms with van der Waals surface area (Å²) in [6.07, 6.45) is 11.5. The monoisotopic (exact) mass is 340 g/mol. The van der Waals surface area contributed by atoms with Gasteiger partial charge in [0.1, 0.15) is 0 Å². The van der Waals surface area contributed by atoms with Gasteiger partial charge in [-0.15, -0.1) is 0 Å². The van der Waals surface area contributed by atoms with Gasteiger partial charge >= 0.3 is 0 Å². The molecule has 0 aliphatic heterocycles. The van der Waals surface area contributed by atoms with Crippen molar-refractivity contribution in [2.45, 2.75) is 92.9 Å². The minimum absolute atomic E-state index is 0.580. The molecule has 0 unspecified atom stereocenters. The van der Waals surface area contributed by atoms with Crippen LogP contribution in [0.3, 0.4) is 0 Å². The average molecular weight is 341 g/mol. The molecule has 0 radical (unpaired) electrons. The van der Waals surface area contributed by atoms with Crippen LogP contribution < -0.4 is 0 Å². The smallest absolute Gasteiger partial charge is 0.0169 e. The Balaban J connectivity index is 1.76. The maximum Gasteiger partial charge on any atom is -0.0169 e. The van der Waals surface area contributed by atoms with Crippen LogP contribution >= 0.6 is 0 Å². The van der Waals surface area contributed by atoms with Crippen molar-refractivity contribution < 1.29 is 0 Å². The van der Waals surface area contributed by atoms with E-state index >= 15 is 0 Å². The van der Waals surface area contributed by atoms with Gasteiger partial charge < -0.3 is 0 Å². The van der Waals surface area contributed by atoms with Crippen LogP contribution in [0.5, 0.6) is 0 Å². The quantitative estimate of drug-likeness (QED) is 0.462. The fourth-order valence-corrected chi connectivity index (χ4v) is 7.52. The summed E-state index contributed by atoms with van der Waals surface area (Å²) in [5, 5.41) is 0. The topological polar surface area (TPSA) is 0 Å². The molecule has 0 aromatic rings. The second-order valence-electron chi connectivity index (χ2n) is 10.9. The van der Waals surface area contributed by atoms with Crippen molar-refractivity contribution in [1.29, 1.82) is 0 Å². The van der Waals surface area contributed by atoms with E-state index in [1.165, 1.54) is 51.4 Å². The molecular formula is C25H40. The lowest BCUT2D eigenvalue weighted by Crippen LogP contribution is -2.34. The summed E-state index contributed by atoms with van der Waals surface area (Å²) in [5.74, 6) is 5.55. The van der Waals surface area contributed by atoms with Crippen LogP contribution in [0.4, 0.5) is 0 Å². The van der Waals surface area contributed by atoms with Gasteiger partial charge in [0.05, 0.1) is 0 Å². The Morgan fingerprint density at radius 3 is 2.48 bits per heavy atom. The fourth-order valence-electron chi connectivity index (χ4n) is 7.52. The largest absolute Gasteiger partial charge is 0.0698 e. The summed E-state index contributed by atoms with van der Waals surface area (Å²) in [6, 6.07) is 0. The number of fused-ring (bicyclic) bond motifs is 3. The van der Waals surface area contributed by atoms with Crippen LogP contribution in [-0.2, 0) is 0 Å². The summed E-state index contributed by atoms with van der Waals surface area (Å²) in [6.45, 7) is 15.1. The Labute approximate surface area is 156 Å². The molecule has 25 heavy (non-hydrogen) atoms. The molecule has 0 nitrogen and oxygen atoms in total. The van der Waals surface area contributed by atoms with E-state index in [0.717, 1.165) is 35.5 Å². The Bertz CT molecular complexity index is 604. The van der Waals surface area contributed by atoms with Crippen molar-refractivity contribution in [2.24, 2.45) is 40.9 Å². The van der Waals surface area contributed by atoms with Gasteiger partial charge in [-0.25, -0.2) is 0 Å². The molecule has 4 aliphatic carbocycles. The molecule has 140 valence electrons. The zero-order chi connectivity index (χ0) is 17.9. The molecule has 0 heterocycles. The van der Waals surface area contributed by atoms with E-state index in [2.05, 4.69) is 41.5 Å². The van der Waals surface area contributed by atoms with Gasteiger partial charge in [-0.3, -0.25) is 0 Å². The Morgan fingerprint density at radius 2 is 1.76 bits per heavy atom. The Morgan fingerprint density at radius 1 is 1.00 bits per heavy atom. The Hall–Kier alpha value is -0.520. The molecule has 0 amide bonds. The molecule has 0 aromatic heterocycles. The minimum Gasteiger partial charge on any atom is -0.0698 e. The molecule has 0 N–H and O–H groups in total. The molecular weight excluding hydrogens is 300 g/mol. The molecule has 4 rings (SSSR count). The van der Waals surface area contributed by atoms with Crippen molar-refractivity contribution in [3.05, 3.63) is 22.3 Å². The highest BCUT2D eigenvalue weighted by Crippen LogP contribution is 2.61. The second kappa shape index (κ2) is 6.28.